The lowest BCUT2D eigenvalue weighted by atomic mass is 10.0. The molecule has 0 saturated carbocycles. The van der Waals surface area contributed by atoms with E-state index >= 15 is 0 Å². The number of rotatable bonds is 4. The van der Waals surface area contributed by atoms with Crippen LogP contribution in [0.4, 0.5) is 5.69 Å². The second-order valence-electron chi connectivity index (χ2n) is 4.79. The fraction of sp³-hybridized carbons (Fsp3) is 0. The van der Waals surface area contributed by atoms with E-state index in [0.29, 0.717) is 11.3 Å². The van der Waals surface area contributed by atoms with Gasteiger partial charge in [0.1, 0.15) is 18.3 Å². The Morgan fingerprint density at radius 3 is 2.25 bits per heavy atom. The molecule has 0 spiro atoms. The molecule has 0 bridgehead atoms. The van der Waals surface area contributed by atoms with Crippen LogP contribution in [0.5, 0.6) is 11.6 Å². The first kappa shape index (κ1) is 15.1. The molecule has 7 nitrogen and oxygen atoms in total. The van der Waals surface area contributed by atoms with Crippen molar-refractivity contribution in [3.63, 3.8) is 0 Å². The minimum absolute atomic E-state index is 0.110. The maximum Gasteiger partial charge on any atom is 0.349 e. The molecule has 0 atom stereocenters. The molecule has 0 N–H and O–H groups in total. The van der Waals surface area contributed by atoms with E-state index in [0.717, 1.165) is 17.3 Å². The lowest BCUT2D eigenvalue weighted by Gasteiger charge is -2.06. The molecule has 1 heterocycles. The normalized spacial score (nSPS) is 9.96. The van der Waals surface area contributed by atoms with Crippen molar-refractivity contribution < 1.29 is 9.66 Å². The molecule has 0 fully saturated rings. The van der Waals surface area contributed by atoms with Gasteiger partial charge in [-0.1, -0.05) is 24.3 Å². The maximum absolute atomic E-state index is 10.9. The Balaban J connectivity index is 1.82. The monoisotopic (exact) mass is 318 g/mol. The summed E-state index contributed by atoms with van der Waals surface area (Å²) in [5, 5.41) is 19.7. The lowest BCUT2D eigenvalue weighted by Crippen LogP contribution is -1.96. The Morgan fingerprint density at radius 1 is 1.04 bits per heavy atom. The molecule has 0 radical (unpaired) electrons. The highest BCUT2D eigenvalue weighted by Crippen LogP contribution is 2.29. The van der Waals surface area contributed by atoms with Crippen LogP contribution in [0.25, 0.3) is 11.1 Å². The SMILES string of the molecule is N#Cc1ccc(-c2ccc(Oc3ncncc3[N+](=O)[O-])cc2)cc1. The van der Waals surface area contributed by atoms with Crippen LogP contribution in [0.15, 0.2) is 61.1 Å². The Morgan fingerprint density at radius 2 is 1.67 bits per heavy atom. The van der Waals surface area contributed by atoms with Crippen LogP contribution in [0.3, 0.4) is 0 Å². The third kappa shape index (κ3) is 3.18. The molecule has 116 valence electrons. The van der Waals surface area contributed by atoms with Gasteiger partial charge in [0, 0.05) is 0 Å². The molecule has 0 amide bonds. The Bertz CT molecular complexity index is 916. The van der Waals surface area contributed by atoms with Crippen molar-refractivity contribution in [1.82, 2.24) is 9.97 Å². The summed E-state index contributed by atoms with van der Waals surface area (Å²) in [4.78, 5) is 17.7. The molecule has 1 aromatic heterocycles. The summed E-state index contributed by atoms with van der Waals surface area (Å²) in [6, 6.07) is 16.3. The van der Waals surface area contributed by atoms with E-state index in [1.165, 1.54) is 6.33 Å². The summed E-state index contributed by atoms with van der Waals surface area (Å²) >= 11 is 0. The van der Waals surface area contributed by atoms with E-state index < -0.39 is 4.92 Å². The molecule has 0 aliphatic carbocycles. The van der Waals surface area contributed by atoms with Gasteiger partial charge in [-0.3, -0.25) is 10.1 Å². The summed E-state index contributed by atoms with van der Waals surface area (Å²) in [6.45, 7) is 0. The summed E-state index contributed by atoms with van der Waals surface area (Å²) < 4.78 is 5.46. The molecule has 2 aromatic carbocycles. The van der Waals surface area contributed by atoms with Gasteiger partial charge in [-0.25, -0.2) is 4.98 Å². The third-order valence-electron chi connectivity index (χ3n) is 3.27. The van der Waals surface area contributed by atoms with Crippen molar-refractivity contribution >= 4 is 5.69 Å². The maximum atomic E-state index is 10.9. The Hall–Kier alpha value is -3.79. The first-order valence-corrected chi connectivity index (χ1v) is 6.90. The van der Waals surface area contributed by atoms with Crippen LogP contribution in [0.2, 0.25) is 0 Å². The molecular weight excluding hydrogens is 308 g/mol. The molecule has 0 saturated heterocycles. The number of benzene rings is 2. The molecule has 0 unspecified atom stereocenters. The van der Waals surface area contributed by atoms with Crippen LogP contribution in [0.1, 0.15) is 5.56 Å². The minimum Gasteiger partial charge on any atom is -0.434 e. The number of nitrogens with zero attached hydrogens (tertiary/aromatic N) is 4. The van der Waals surface area contributed by atoms with Gasteiger partial charge in [0.15, 0.2) is 0 Å². The number of hydrogen-bond donors (Lipinski definition) is 0. The highest BCUT2D eigenvalue weighted by molar-refractivity contribution is 5.65. The van der Waals surface area contributed by atoms with Crippen molar-refractivity contribution in [3.8, 4) is 28.8 Å². The summed E-state index contributed by atoms with van der Waals surface area (Å²) in [5.74, 6) is 0.315. The zero-order valence-corrected chi connectivity index (χ0v) is 12.3. The number of nitro groups is 1. The number of aromatic nitrogens is 2. The van der Waals surface area contributed by atoms with Crippen LogP contribution in [-0.2, 0) is 0 Å². The minimum atomic E-state index is -0.597. The zero-order valence-electron chi connectivity index (χ0n) is 12.3. The lowest BCUT2D eigenvalue weighted by molar-refractivity contribution is -0.386. The molecule has 7 heteroatoms. The highest BCUT2D eigenvalue weighted by Gasteiger charge is 2.17. The van der Waals surface area contributed by atoms with Crippen LogP contribution >= 0.6 is 0 Å². The summed E-state index contributed by atoms with van der Waals surface area (Å²) in [6.07, 6.45) is 2.28. The van der Waals surface area contributed by atoms with Crippen molar-refractivity contribution in [2.75, 3.05) is 0 Å². The van der Waals surface area contributed by atoms with E-state index in [1.807, 2.05) is 24.3 Å². The van der Waals surface area contributed by atoms with Crippen LogP contribution in [0, 0.1) is 21.4 Å². The second kappa shape index (κ2) is 6.54. The van der Waals surface area contributed by atoms with Gasteiger partial charge in [-0.2, -0.15) is 10.2 Å². The quantitative estimate of drug-likeness (QED) is 0.536. The van der Waals surface area contributed by atoms with Gasteiger partial charge >= 0.3 is 11.6 Å². The van der Waals surface area contributed by atoms with E-state index in [9.17, 15) is 10.1 Å². The van der Waals surface area contributed by atoms with Gasteiger partial charge in [0.25, 0.3) is 0 Å². The van der Waals surface area contributed by atoms with Gasteiger partial charge < -0.3 is 4.74 Å². The van der Waals surface area contributed by atoms with Gasteiger partial charge in [0.2, 0.25) is 0 Å². The van der Waals surface area contributed by atoms with E-state index in [-0.39, 0.29) is 11.6 Å². The number of ether oxygens (including phenoxy) is 1. The highest BCUT2D eigenvalue weighted by atomic mass is 16.6. The van der Waals surface area contributed by atoms with E-state index in [2.05, 4.69) is 16.0 Å². The fourth-order valence-corrected chi connectivity index (χ4v) is 2.08. The average Bonchev–Trinajstić information content (AvgIpc) is 2.63. The van der Waals surface area contributed by atoms with Crippen LogP contribution < -0.4 is 4.74 Å². The Labute approximate surface area is 137 Å². The number of nitriles is 1. The van der Waals surface area contributed by atoms with Crippen LogP contribution in [-0.4, -0.2) is 14.9 Å². The first-order chi connectivity index (χ1) is 11.7. The van der Waals surface area contributed by atoms with Gasteiger partial charge in [-0.15, -0.1) is 0 Å². The largest absolute Gasteiger partial charge is 0.434 e. The average molecular weight is 318 g/mol. The second-order valence-corrected chi connectivity index (χ2v) is 4.79. The Kier molecular flexibility index (Phi) is 4.12. The van der Waals surface area contributed by atoms with Crippen molar-refractivity contribution in [2.24, 2.45) is 0 Å². The topological polar surface area (TPSA) is 102 Å². The predicted octanol–water partition coefficient (Wildman–Crippen LogP) is 3.72. The van der Waals surface area contributed by atoms with Gasteiger partial charge in [0.05, 0.1) is 16.6 Å². The number of hydrogen-bond acceptors (Lipinski definition) is 6. The van der Waals surface area contributed by atoms with Crippen molar-refractivity contribution in [1.29, 1.82) is 5.26 Å². The summed E-state index contributed by atoms with van der Waals surface area (Å²) in [7, 11) is 0. The molecular formula is C17H10N4O3. The van der Waals surface area contributed by atoms with Crippen molar-refractivity contribution in [3.05, 3.63) is 76.7 Å². The smallest absolute Gasteiger partial charge is 0.349 e. The molecule has 3 rings (SSSR count). The molecule has 0 aliphatic heterocycles. The summed E-state index contributed by atoms with van der Waals surface area (Å²) in [5.41, 5.74) is 2.18. The molecule has 3 aromatic rings. The van der Waals surface area contributed by atoms with E-state index in [1.54, 1.807) is 24.3 Å². The standard InChI is InChI=1S/C17H10N4O3/c18-9-12-1-3-13(4-2-12)14-5-7-15(8-6-14)24-17-16(21(22)23)10-19-11-20-17/h1-8,10-11H. The zero-order chi connectivity index (χ0) is 16.9. The van der Waals surface area contributed by atoms with Gasteiger partial charge in [-0.05, 0) is 35.4 Å². The first-order valence-electron chi connectivity index (χ1n) is 6.90. The fourth-order valence-electron chi connectivity index (χ4n) is 2.08. The molecule has 0 aliphatic rings. The molecule has 24 heavy (non-hydrogen) atoms. The van der Waals surface area contributed by atoms with E-state index in [4.69, 9.17) is 10.00 Å². The predicted molar refractivity (Wildman–Crippen MR) is 85.4 cm³/mol. The van der Waals surface area contributed by atoms with Crippen molar-refractivity contribution in [2.45, 2.75) is 0 Å². The third-order valence-corrected chi connectivity index (χ3v) is 3.27.